The second-order valence-corrected chi connectivity index (χ2v) is 8.86. The van der Waals surface area contributed by atoms with Crippen LogP contribution in [0.2, 0.25) is 0 Å². The van der Waals surface area contributed by atoms with Crippen molar-refractivity contribution in [3.63, 3.8) is 0 Å². The van der Waals surface area contributed by atoms with Crippen LogP contribution in [-0.2, 0) is 5.41 Å². The highest BCUT2D eigenvalue weighted by Crippen LogP contribution is 2.40. The Hall–Kier alpha value is -4.06. The van der Waals surface area contributed by atoms with Gasteiger partial charge in [0.1, 0.15) is 5.75 Å². The molecule has 0 N–H and O–H groups in total. The molecule has 0 radical (unpaired) electrons. The highest BCUT2D eigenvalue weighted by Gasteiger charge is 2.16. The van der Waals surface area contributed by atoms with Crippen molar-refractivity contribution in [2.45, 2.75) is 26.2 Å². The van der Waals surface area contributed by atoms with Gasteiger partial charge in [0, 0.05) is 11.1 Å². The van der Waals surface area contributed by atoms with Crippen LogP contribution in [0.4, 0.5) is 0 Å². The van der Waals surface area contributed by atoms with E-state index >= 15 is 0 Å². The van der Waals surface area contributed by atoms with E-state index in [4.69, 9.17) is 18.9 Å². The van der Waals surface area contributed by atoms with Crippen LogP contribution >= 0.6 is 0 Å². The number of ether oxygens (including phenoxy) is 4. The van der Waals surface area contributed by atoms with Crippen molar-refractivity contribution < 1.29 is 28.5 Å². The van der Waals surface area contributed by atoms with E-state index in [1.165, 1.54) is 20.3 Å². The summed E-state index contributed by atoms with van der Waals surface area (Å²) >= 11 is 0. The molecule has 0 saturated heterocycles. The highest BCUT2D eigenvalue weighted by molar-refractivity contribution is 6.07. The summed E-state index contributed by atoms with van der Waals surface area (Å²) in [6, 6.07) is 17.3. The van der Waals surface area contributed by atoms with Gasteiger partial charge in [0.05, 0.1) is 26.9 Å². The van der Waals surface area contributed by atoms with Gasteiger partial charge in [-0.1, -0.05) is 32.9 Å². The Morgan fingerprint density at radius 1 is 0.714 bits per heavy atom. The highest BCUT2D eigenvalue weighted by atomic mass is 16.5. The molecule has 6 nitrogen and oxygen atoms in total. The number of methoxy groups -OCH3 is 3. The zero-order chi connectivity index (χ0) is 25.6. The van der Waals surface area contributed by atoms with Crippen molar-refractivity contribution in [1.82, 2.24) is 0 Å². The molecule has 182 valence electrons. The first-order valence-electron chi connectivity index (χ1n) is 11.1. The average molecular weight is 475 g/mol. The van der Waals surface area contributed by atoms with Crippen LogP contribution in [0.1, 0.15) is 52.6 Å². The predicted molar refractivity (Wildman–Crippen MR) is 136 cm³/mol. The smallest absolute Gasteiger partial charge is 0.343 e. The van der Waals surface area contributed by atoms with Gasteiger partial charge in [-0.2, -0.15) is 0 Å². The van der Waals surface area contributed by atoms with Gasteiger partial charge in [0.25, 0.3) is 0 Å². The third-order valence-corrected chi connectivity index (χ3v) is 5.48. The minimum atomic E-state index is -0.454. The molecular weight excluding hydrogens is 444 g/mol. The third kappa shape index (κ3) is 6.09. The third-order valence-electron chi connectivity index (χ3n) is 5.48. The molecule has 0 spiro atoms. The number of benzene rings is 3. The first kappa shape index (κ1) is 25.6. The van der Waals surface area contributed by atoms with Crippen molar-refractivity contribution in [1.29, 1.82) is 0 Å². The van der Waals surface area contributed by atoms with Gasteiger partial charge in [-0.05, 0) is 71.7 Å². The lowest BCUT2D eigenvalue weighted by molar-refractivity contribution is 0.0734. The molecule has 35 heavy (non-hydrogen) atoms. The molecule has 6 heteroatoms. The van der Waals surface area contributed by atoms with Crippen molar-refractivity contribution >= 4 is 17.8 Å². The number of ketones is 1. The monoisotopic (exact) mass is 474 g/mol. The SMILES string of the molecule is COc1ccc(/C=C/C(=O)c2ccc(OC(=O)c3ccc(C(C)(C)C)cc3)cc2)c(OC)c1OC. The van der Waals surface area contributed by atoms with E-state index in [9.17, 15) is 9.59 Å². The second-order valence-electron chi connectivity index (χ2n) is 8.86. The normalized spacial score (nSPS) is 11.3. The molecule has 3 aromatic rings. The molecule has 3 rings (SSSR count). The van der Waals surface area contributed by atoms with Gasteiger partial charge in [-0.25, -0.2) is 4.79 Å². The van der Waals surface area contributed by atoms with E-state index in [0.29, 0.717) is 39.7 Å². The molecule has 3 aromatic carbocycles. The van der Waals surface area contributed by atoms with Crippen LogP contribution in [-0.4, -0.2) is 33.1 Å². The first-order valence-corrected chi connectivity index (χ1v) is 11.1. The predicted octanol–water partition coefficient (Wildman–Crippen LogP) is 6.13. The fourth-order valence-electron chi connectivity index (χ4n) is 3.48. The molecule has 0 unspecified atom stereocenters. The van der Waals surface area contributed by atoms with E-state index < -0.39 is 5.97 Å². The van der Waals surface area contributed by atoms with Gasteiger partial charge >= 0.3 is 5.97 Å². The Morgan fingerprint density at radius 2 is 1.31 bits per heavy atom. The lowest BCUT2D eigenvalue weighted by Crippen LogP contribution is -2.13. The lowest BCUT2D eigenvalue weighted by atomic mass is 9.87. The molecule has 0 fully saturated rings. The van der Waals surface area contributed by atoms with Crippen LogP contribution < -0.4 is 18.9 Å². The summed E-state index contributed by atoms with van der Waals surface area (Å²) in [5.74, 6) is 1.14. The van der Waals surface area contributed by atoms with Gasteiger partial charge < -0.3 is 18.9 Å². The van der Waals surface area contributed by atoms with Crippen molar-refractivity contribution in [2.24, 2.45) is 0 Å². The van der Waals surface area contributed by atoms with E-state index in [-0.39, 0.29) is 11.2 Å². The molecule has 0 amide bonds. The number of allylic oxidation sites excluding steroid dienone is 1. The zero-order valence-electron chi connectivity index (χ0n) is 20.9. The molecule has 0 aliphatic heterocycles. The Bertz CT molecular complexity index is 1220. The summed E-state index contributed by atoms with van der Waals surface area (Å²) in [6.45, 7) is 6.34. The van der Waals surface area contributed by atoms with Crippen LogP contribution in [0.5, 0.6) is 23.0 Å². The van der Waals surface area contributed by atoms with Gasteiger partial charge in [0.15, 0.2) is 17.3 Å². The quantitative estimate of drug-likeness (QED) is 0.169. The molecule has 0 atom stereocenters. The summed E-state index contributed by atoms with van der Waals surface area (Å²) < 4.78 is 21.6. The van der Waals surface area contributed by atoms with Crippen molar-refractivity contribution in [2.75, 3.05) is 21.3 Å². The van der Waals surface area contributed by atoms with E-state index in [1.54, 1.807) is 61.7 Å². The van der Waals surface area contributed by atoms with E-state index in [0.717, 1.165) is 5.56 Å². The number of esters is 1. The fraction of sp³-hybridized carbons (Fsp3) is 0.241. The largest absolute Gasteiger partial charge is 0.493 e. The average Bonchev–Trinajstić information content (AvgIpc) is 2.86. The van der Waals surface area contributed by atoms with Gasteiger partial charge in [-0.3, -0.25) is 4.79 Å². The second kappa shape index (κ2) is 10.9. The van der Waals surface area contributed by atoms with Crippen molar-refractivity contribution in [3.8, 4) is 23.0 Å². The molecule has 0 saturated carbocycles. The lowest BCUT2D eigenvalue weighted by Gasteiger charge is -2.18. The molecule has 0 bridgehead atoms. The first-order chi connectivity index (χ1) is 16.7. The summed E-state index contributed by atoms with van der Waals surface area (Å²) in [5.41, 5.74) is 2.72. The van der Waals surface area contributed by atoms with Crippen LogP contribution in [0.25, 0.3) is 6.08 Å². The number of rotatable bonds is 8. The van der Waals surface area contributed by atoms with Crippen molar-refractivity contribution in [3.05, 3.63) is 89.0 Å². The van der Waals surface area contributed by atoms with Crippen LogP contribution in [0.15, 0.2) is 66.7 Å². The molecule has 0 aromatic heterocycles. The van der Waals surface area contributed by atoms with Gasteiger partial charge in [-0.15, -0.1) is 0 Å². The fourth-order valence-corrected chi connectivity index (χ4v) is 3.48. The summed E-state index contributed by atoms with van der Waals surface area (Å²) in [4.78, 5) is 25.2. The Balaban J connectivity index is 1.69. The molecule has 0 aliphatic rings. The number of hydrogen-bond donors (Lipinski definition) is 0. The topological polar surface area (TPSA) is 71.1 Å². The number of carbonyl (C=O) groups is 2. The molecular formula is C29H30O6. The standard InChI is InChI=1S/C29H30O6/c1-29(2,3)22-13-7-21(8-14-22)28(31)35-23-15-9-19(10-16-23)24(30)17-11-20-12-18-25(32-4)27(34-6)26(20)33-5/h7-18H,1-6H3/b17-11+. The Morgan fingerprint density at radius 3 is 1.86 bits per heavy atom. The molecule has 0 aliphatic carbocycles. The van der Waals surface area contributed by atoms with Crippen LogP contribution in [0, 0.1) is 0 Å². The van der Waals surface area contributed by atoms with E-state index in [1.807, 2.05) is 12.1 Å². The molecule has 0 heterocycles. The Kier molecular flexibility index (Phi) is 7.97. The minimum absolute atomic E-state index is 0.00379. The minimum Gasteiger partial charge on any atom is -0.493 e. The Labute approximate surface area is 206 Å². The van der Waals surface area contributed by atoms with E-state index in [2.05, 4.69) is 20.8 Å². The van der Waals surface area contributed by atoms with Crippen LogP contribution in [0.3, 0.4) is 0 Å². The summed E-state index contributed by atoms with van der Waals surface area (Å²) in [5, 5.41) is 0. The summed E-state index contributed by atoms with van der Waals surface area (Å²) in [7, 11) is 4.59. The van der Waals surface area contributed by atoms with Gasteiger partial charge in [0.2, 0.25) is 5.75 Å². The zero-order valence-corrected chi connectivity index (χ0v) is 20.9. The number of hydrogen-bond acceptors (Lipinski definition) is 6. The maximum atomic E-state index is 12.7. The maximum absolute atomic E-state index is 12.7. The summed E-state index contributed by atoms with van der Waals surface area (Å²) in [6.07, 6.45) is 3.10. The number of carbonyl (C=O) groups excluding carboxylic acids is 2. The maximum Gasteiger partial charge on any atom is 0.343 e.